The van der Waals surface area contributed by atoms with Crippen LogP contribution in [0, 0.1) is 5.92 Å². The lowest BCUT2D eigenvalue weighted by Crippen LogP contribution is -2.40. The summed E-state index contributed by atoms with van der Waals surface area (Å²) >= 11 is 0. The molecule has 1 aliphatic rings. The van der Waals surface area contributed by atoms with Crippen LogP contribution in [0.5, 0.6) is 0 Å². The Balaban J connectivity index is 0.00000400. The van der Waals surface area contributed by atoms with Crippen LogP contribution in [0.15, 0.2) is 4.99 Å². The molecule has 0 atom stereocenters. The third kappa shape index (κ3) is 9.52. The molecule has 0 aromatic carbocycles. The van der Waals surface area contributed by atoms with Crippen molar-refractivity contribution in [3.63, 3.8) is 0 Å². The molecule has 1 saturated heterocycles. The van der Waals surface area contributed by atoms with Gasteiger partial charge in [0.1, 0.15) is 0 Å². The smallest absolute Gasteiger partial charge is 0.190 e. The number of hydrogen-bond donors (Lipinski definition) is 2. The molecule has 0 radical (unpaired) electrons. The number of halogens is 1. The van der Waals surface area contributed by atoms with E-state index in [0.717, 1.165) is 38.0 Å². The Morgan fingerprint density at radius 1 is 1.24 bits per heavy atom. The van der Waals surface area contributed by atoms with Crippen LogP contribution in [0.4, 0.5) is 0 Å². The second kappa shape index (κ2) is 13.6. The first-order valence-corrected chi connectivity index (χ1v) is 7.96. The molecule has 1 aliphatic heterocycles. The highest BCUT2D eigenvalue weighted by Crippen LogP contribution is 2.19. The van der Waals surface area contributed by atoms with Crippen molar-refractivity contribution in [3.05, 3.63) is 0 Å². The van der Waals surface area contributed by atoms with Gasteiger partial charge in [-0.1, -0.05) is 6.92 Å². The molecule has 0 spiro atoms. The standard InChI is InChI=1S/C15H32N4O.HI/c1-4-19-11-7-14(8-12-19)6-10-18-15(16-2)17-9-5-13-20-3;/h14H,4-13H2,1-3H3,(H2,16,17,18);1H. The maximum Gasteiger partial charge on any atom is 0.190 e. The molecular formula is C15H33IN4O. The summed E-state index contributed by atoms with van der Waals surface area (Å²) in [5.74, 6) is 1.78. The van der Waals surface area contributed by atoms with Gasteiger partial charge in [-0.15, -0.1) is 24.0 Å². The number of guanidine groups is 1. The van der Waals surface area contributed by atoms with Crippen molar-refractivity contribution >= 4 is 29.9 Å². The molecule has 0 amide bonds. The Morgan fingerprint density at radius 3 is 2.48 bits per heavy atom. The van der Waals surface area contributed by atoms with Crippen LogP contribution in [0.3, 0.4) is 0 Å². The van der Waals surface area contributed by atoms with Crippen LogP contribution in [0.1, 0.15) is 32.6 Å². The fraction of sp³-hybridized carbons (Fsp3) is 0.933. The van der Waals surface area contributed by atoms with E-state index >= 15 is 0 Å². The molecule has 0 bridgehead atoms. The zero-order valence-corrected chi connectivity index (χ0v) is 16.2. The first kappa shape index (κ1) is 20.9. The van der Waals surface area contributed by atoms with Gasteiger partial charge in [-0.2, -0.15) is 0 Å². The third-order valence-corrected chi connectivity index (χ3v) is 4.04. The fourth-order valence-electron chi connectivity index (χ4n) is 2.63. The van der Waals surface area contributed by atoms with Crippen molar-refractivity contribution in [2.24, 2.45) is 10.9 Å². The minimum Gasteiger partial charge on any atom is -0.385 e. The monoisotopic (exact) mass is 412 g/mol. The number of ether oxygens (including phenoxy) is 1. The van der Waals surface area contributed by atoms with Gasteiger partial charge in [-0.25, -0.2) is 0 Å². The van der Waals surface area contributed by atoms with Crippen molar-refractivity contribution in [2.45, 2.75) is 32.6 Å². The van der Waals surface area contributed by atoms with Crippen molar-refractivity contribution in [1.82, 2.24) is 15.5 Å². The van der Waals surface area contributed by atoms with Gasteiger partial charge in [0.15, 0.2) is 5.96 Å². The summed E-state index contributed by atoms with van der Waals surface area (Å²) in [6.07, 6.45) is 4.94. The summed E-state index contributed by atoms with van der Waals surface area (Å²) in [5, 5.41) is 6.71. The van der Waals surface area contributed by atoms with E-state index in [9.17, 15) is 0 Å². The normalized spacial score (nSPS) is 17.4. The van der Waals surface area contributed by atoms with Crippen LogP contribution < -0.4 is 10.6 Å². The largest absolute Gasteiger partial charge is 0.385 e. The number of piperidine rings is 1. The first-order valence-electron chi connectivity index (χ1n) is 7.96. The minimum atomic E-state index is 0. The third-order valence-electron chi connectivity index (χ3n) is 4.04. The van der Waals surface area contributed by atoms with E-state index in [1.54, 1.807) is 7.11 Å². The number of methoxy groups -OCH3 is 1. The Hall–Kier alpha value is -0.0800. The summed E-state index contributed by atoms with van der Waals surface area (Å²) < 4.78 is 5.03. The highest BCUT2D eigenvalue weighted by Gasteiger charge is 2.17. The van der Waals surface area contributed by atoms with Gasteiger partial charge in [0.2, 0.25) is 0 Å². The predicted octanol–water partition coefficient (Wildman–Crippen LogP) is 1.93. The average molecular weight is 412 g/mol. The van der Waals surface area contributed by atoms with Crippen molar-refractivity contribution < 1.29 is 4.74 Å². The second-order valence-electron chi connectivity index (χ2n) is 5.44. The van der Waals surface area contributed by atoms with Crippen LogP contribution in [0.2, 0.25) is 0 Å². The predicted molar refractivity (Wildman–Crippen MR) is 101 cm³/mol. The zero-order valence-electron chi connectivity index (χ0n) is 13.9. The molecule has 0 unspecified atom stereocenters. The summed E-state index contributed by atoms with van der Waals surface area (Å²) in [7, 11) is 3.56. The van der Waals surface area contributed by atoms with Crippen LogP contribution in [0.25, 0.3) is 0 Å². The summed E-state index contributed by atoms with van der Waals surface area (Å²) in [6, 6.07) is 0. The SMILES string of the molecule is CCN1CCC(CCNC(=NC)NCCCOC)CC1.I. The summed E-state index contributed by atoms with van der Waals surface area (Å²) in [4.78, 5) is 6.78. The quantitative estimate of drug-likeness (QED) is 0.277. The summed E-state index contributed by atoms with van der Waals surface area (Å²) in [5.41, 5.74) is 0. The van der Waals surface area contributed by atoms with Gasteiger partial charge in [0.05, 0.1) is 0 Å². The lowest BCUT2D eigenvalue weighted by Gasteiger charge is -2.31. The van der Waals surface area contributed by atoms with Crippen molar-refractivity contribution in [1.29, 1.82) is 0 Å². The zero-order chi connectivity index (χ0) is 14.6. The Bertz CT molecular complexity index is 268. The molecule has 6 heteroatoms. The lowest BCUT2D eigenvalue weighted by atomic mass is 9.93. The van der Waals surface area contributed by atoms with Crippen molar-refractivity contribution in [3.8, 4) is 0 Å². The van der Waals surface area contributed by atoms with Gasteiger partial charge in [0, 0.05) is 33.9 Å². The number of rotatable bonds is 8. The van der Waals surface area contributed by atoms with E-state index in [0.29, 0.717) is 0 Å². The Labute approximate surface area is 147 Å². The van der Waals surface area contributed by atoms with Crippen LogP contribution in [-0.4, -0.2) is 64.3 Å². The molecule has 21 heavy (non-hydrogen) atoms. The molecule has 0 aromatic heterocycles. The van der Waals surface area contributed by atoms with E-state index < -0.39 is 0 Å². The second-order valence-corrected chi connectivity index (χ2v) is 5.44. The lowest BCUT2D eigenvalue weighted by molar-refractivity contribution is 0.187. The van der Waals surface area contributed by atoms with E-state index in [4.69, 9.17) is 4.74 Å². The van der Waals surface area contributed by atoms with E-state index in [1.807, 2.05) is 7.05 Å². The van der Waals surface area contributed by atoms with Gasteiger partial charge in [-0.3, -0.25) is 4.99 Å². The number of hydrogen-bond acceptors (Lipinski definition) is 3. The van der Waals surface area contributed by atoms with Crippen LogP contribution >= 0.6 is 24.0 Å². The molecule has 2 N–H and O–H groups in total. The molecule has 1 fully saturated rings. The maximum absolute atomic E-state index is 5.03. The molecule has 0 aliphatic carbocycles. The molecule has 5 nitrogen and oxygen atoms in total. The Kier molecular flexibility index (Phi) is 13.5. The van der Waals surface area contributed by atoms with E-state index in [2.05, 4.69) is 27.4 Å². The van der Waals surface area contributed by atoms with Crippen LogP contribution in [-0.2, 0) is 4.74 Å². The number of aliphatic imine (C=N–C) groups is 1. The van der Waals surface area contributed by atoms with Crippen molar-refractivity contribution in [2.75, 3.05) is 53.5 Å². The first-order chi connectivity index (χ1) is 9.80. The fourth-order valence-corrected chi connectivity index (χ4v) is 2.63. The molecule has 0 saturated carbocycles. The molecule has 1 rings (SSSR count). The number of nitrogens with one attached hydrogen (secondary N) is 2. The Morgan fingerprint density at radius 2 is 1.90 bits per heavy atom. The van der Waals surface area contributed by atoms with Gasteiger partial charge >= 0.3 is 0 Å². The molecule has 126 valence electrons. The highest BCUT2D eigenvalue weighted by molar-refractivity contribution is 14.0. The van der Waals surface area contributed by atoms with Gasteiger partial charge < -0.3 is 20.3 Å². The number of nitrogens with zero attached hydrogens (tertiary/aromatic N) is 2. The summed E-state index contributed by atoms with van der Waals surface area (Å²) in [6.45, 7) is 8.70. The highest BCUT2D eigenvalue weighted by atomic mass is 127. The number of likely N-dealkylation sites (tertiary alicyclic amines) is 1. The topological polar surface area (TPSA) is 48.9 Å². The van der Waals surface area contributed by atoms with Gasteiger partial charge in [-0.05, 0) is 51.2 Å². The maximum atomic E-state index is 5.03. The van der Waals surface area contributed by atoms with E-state index in [1.165, 1.54) is 38.9 Å². The molecule has 1 heterocycles. The minimum absolute atomic E-state index is 0. The molecule has 0 aromatic rings. The van der Waals surface area contributed by atoms with E-state index in [-0.39, 0.29) is 24.0 Å². The molecular weight excluding hydrogens is 379 g/mol. The van der Waals surface area contributed by atoms with Gasteiger partial charge in [0.25, 0.3) is 0 Å². The average Bonchev–Trinajstić information content (AvgIpc) is 2.50.